The highest BCUT2D eigenvalue weighted by Crippen LogP contribution is 2.27. The predicted molar refractivity (Wildman–Crippen MR) is 79.8 cm³/mol. The van der Waals surface area contributed by atoms with Gasteiger partial charge >= 0.3 is 8.80 Å². The van der Waals surface area contributed by atoms with Gasteiger partial charge in [-0.05, 0) is 12.8 Å². The first kappa shape index (κ1) is 18.1. The Balaban J connectivity index is 2.26. The third-order valence-corrected chi connectivity index (χ3v) is 6.59. The lowest BCUT2D eigenvalue weighted by Gasteiger charge is -2.38. The molecule has 0 amide bonds. The average Bonchev–Trinajstić information content (AvgIpc) is 2.45. The van der Waals surface area contributed by atoms with Gasteiger partial charge in [-0.3, -0.25) is 0 Å². The first-order chi connectivity index (χ1) is 9.53. The molecule has 0 aromatic rings. The summed E-state index contributed by atoms with van der Waals surface area (Å²) in [6, 6.07) is 0.785. The Hall–Kier alpha value is 0.0169. The molecule has 1 rings (SSSR count). The van der Waals surface area contributed by atoms with Crippen LogP contribution in [0.4, 0.5) is 0 Å². The van der Waals surface area contributed by atoms with Crippen LogP contribution in [0.3, 0.4) is 0 Å². The van der Waals surface area contributed by atoms with Crippen molar-refractivity contribution in [2.45, 2.75) is 45.8 Å². The van der Waals surface area contributed by atoms with Crippen molar-refractivity contribution in [3.8, 4) is 0 Å². The third kappa shape index (κ3) is 5.09. The normalized spacial score (nSPS) is 19.6. The summed E-state index contributed by atoms with van der Waals surface area (Å²) >= 11 is 0. The maximum Gasteiger partial charge on any atom is 0.500 e. The lowest BCUT2D eigenvalue weighted by atomic mass is 9.90. The fraction of sp³-hybridized carbons (Fsp3) is 1.00. The highest BCUT2D eigenvalue weighted by atomic mass is 28.4. The van der Waals surface area contributed by atoms with Gasteiger partial charge in [0, 0.05) is 32.3 Å². The second-order valence-corrected chi connectivity index (χ2v) is 8.90. The Labute approximate surface area is 124 Å². The van der Waals surface area contributed by atoms with Crippen molar-refractivity contribution in [2.75, 3.05) is 40.6 Å². The molecule has 0 radical (unpaired) electrons. The van der Waals surface area contributed by atoms with E-state index in [4.69, 9.17) is 22.8 Å². The topological polar surface area (TPSA) is 46.2 Å². The van der Waals surface area contributed by atoms with Crippen molar-refractivity contribution in [1.29, 1.82) is 0 Å². The summed E-state index contributed by atoms with van der Waals surface area (Å²) in [5.74, 6) is 0. The maximum atomic E-state index is 5.99. The zero-order valence-corrected chi connectivity index (χ0v) is 14.6. The van der Waals surface area contributed by atoms with Crippen LogP contribution in [-0.4, -0.2) is 55.6 Å². The van der Waals surface area contributed by atoms with E-state index in [1.807, 2.05) is 6.92 Å². The van der Waals surface area contributed by atoms with E-state index in [0.29, 0.717) is 6.61 Å². The molecule has 1 unspecified atom stereocenters. The summed E-state index contributed by atoms with van der Waals surface area (Å²) in [7, 11) is 0.887. The van der Waals surface area contributed by atoms with E-state index in [2.05, 4.69) is 13.8 Å². The van der Waals surface area contributed by atoms with Crippen LogP contribution >= 0.6 is 0 Å². The van der Waals surface area contributed by atoms with Gasteiger partial charge in [0.15, 0.2) is 0 Å². The smallest absolute Gasteiger partial charge is 0.380 e. The Kier molecular flexibility index (Phi) is 7.64. The van der Waals surface area contributed by atoms with Crippen molar-refractivity contribution < 1.29 is 22.8 Å². The molecule has 1 aliphatic rings. The molecule has 6 heteroatoms. The maximum absolute atomic E-state index is 5.99. The Morgan fingerprint density at radius 1 is 1.20 bits per heavy atom. The first-order valence-electron chi connectivity index (χ1n) is 7.46. The molecule has 20 heavy (non-hydrogen) atoms. The third-order valence-electron chi connectivity index (χ3n) is 3.84. The van der Waals surface area contributed by atoms with Crippen molar-refractivity contribution >= 4 is 8.80 Å². The van der Waals surface area contributed by atoms with Crippen LogP contribution in [0, 0.1) is 5.41 Å². The molecular weight excluding hydrogens is 276 g/mol. The summed E-state index contributed by atoms with van der Waals surface area (Å²) in [5.41, 5.74) is 0.204. The molecule has 120 valence electrons. The van der Waals surface area contributed by atoms with E-state index in [9.17, 15) is 0 Å². The summed E-state index contributed by atoms with van der Waals surface area (Å²) in [6.07, 6.45) is 2.08. The summed E-state index contributed by atoms with van der Waals surface area (Å²) in [4.78, 5) is 0. The highest BCUT2D eigenvalue weighted by Gasteiger charge is 2.37. The lowest BCUT2D eigenvalue weighted by molar-refractivity contribution is -0.150. The van der Waals surface area contributed by atoms with Gasteiger partial charge in [-0.15, -0.1) is 0 Å². The van der Waals surface area contributed by atoms with Gasteiger partial charge in [0.1, 0.15) is 0 Å². The number of rotatable bonds is 11. The molecule has 0 N–H and O–H groups in total. The SMILES string of the molecule is CCC(CCO[Si](CC)(OC)OC)OCC1(C)COC1. The second kappa shape index (κ2) is 8.46. The summed E-state index contributed by atoms with van der Waals surface area (Å²) < 4.78 is 28.0. The zero-order valence-electron chi connectivity index (χ0n) is 13.6. The van der Waals surface area contributed by atoms with Gasteiger partial charge < -0.3 is 22.8 Å². The first-order valence-corrected chi connectivity index (χ1v) is 9.40. The van der Waals surface area contributed by atoms with Gasteiger partial charge in [-0.1, -0.05) is 20.8 Å². The Bertz CT molecular complexity index is 258. The van der Waals surface area contributed by atoms with E-state index >= 15 is 0 Å². The van der Waals surface area contributed by atoms with Gasteiger partial charge in [-0.25, -0.2) is 0 Å². The molecular formula is C14H30O5Si. The minimum Gasteiger partial charge on any atom is -0.380 e. The standard InChI is InChI=1S/C14H30O5Si/c1-6-13(18-12-14(3)10-17-11-14)8-9-19-20(7-2,15-4)16-5/h13H,6-12H2,1-5H3. The van der Waals surface area contributed by atoms with E-state index in [1.54, 1.807) is 14.2 Å². The lowest BCUT2D eigenvalue weighted by Crippen LogP contribution is -2.45. The van der Waals surface area contributed by atoms with Crippen LogP contribution in [0.1, 0.15) is 33.6 Å². The quantitative estimate of drug-likeness (QED) is 0.549. The van der Waals surface area contributed by atoms with Crippen LogP contribution in [0.25, 0.3) is 0 Å². The molecule has 0 bridgehead atoms. The number of hydrogen-bond acceptors (Lipinski definition) is 5. The van der Waals surface area contributed by atoms with Crippen LogP contribution in [-0.2, 0) is 22.8 Å². The molecule has 1 saturated heterocycles. The van der Waals surface area contributed by atoms with Gasteiger partial charge in [-0.2, -0.15) is 0 Å². The van der Waals surface area contributed by atoms with Crippen molar-refractivity contribution in [3.05, 3.63) is 0 Å². The molecule has 0 aromatic carbocycles. The molecule has 0 saturated carbocycles. The van der Waals surface area contributed by atoms with E-state index in [1.165, 1.54) is 0 Å². The Morgan fingerprint density at radius 2 is 1.85 bits per heavy atom. The van der Waals surface area contributed by atoms with Crippen LogP contribution in [0.15, 0.2) is 0 Å². The molecule has 0 spiro atoms. The monoisotopic (exact) mass is 306 g/mol. The van der Waals surface area contributed by atoms with Gasteiger partial charge in [0.25, 0.3) is 0 Å². The Morgan fingerprint density at radius 3 is 2.25 bits per heavy atom. The zero-order chi connectivity index (χ0) is 15.1. The summed E-state index contributed by atoms with van der Waals surface area (Å²) in [5, 5.41) is 0. The molecule has 1 atom stereocenters. The predicted octanol–water partition coefficient (Wildman–Crippen LogP) is 2.48. The second-order valence-electron chi connectivity index (χ2n) is 5.73. The highest BCUT2D eigenvalue weighted by molar-refractivity contribution is 6.60. The fourth-order valence-corrected chi connectivity index (χ4v) is 3.81. The van der Waals surface area contributed by atoms with Crippen LogP contribution < -0.4 is 0 Å². The molecule has 1 aliphatic heterocycles. The molecule has 0 aliphatic carbocycles. The molecule has 5 nitrogen and oxygen atoms in total. The van der Waals surface area contributed by atoms with Crippen LogP contribution in [0.5, 0.6) is 0 Å². The fourth-order valence-electron chi connectivity index (χ4n) is 2.20. The van der Waals surface area contributed by atoms with Gasteiger partial charge in [0.05, 0.1) is 25.9 Å². The summed E-state index contributed by atoms with van der Waals surface area (Å²) in [6.45, 7) is 9.36. The molecule has 0 aromatic heterocycles. The van der Waals surface area contributed by atoms with Gasteiger partial charge in [0.2, 0.25) is 0 Å². The average molecular weight is 306 g/mol. The van der Waals surface area contributed by atoms with E-state index < -0.39 is 8.80 Å². The van der Waals surface area contributed by atoms with Crippen molar-refractivity contribution in [2.24, 2.45) is 5.41 Å². The van der Waals surface area contributed by atoms with Crippen molar-refractivity contribution in [3.63, 3.8) is 0 Å². The number of hydrogen-bond donors (Lipinski definition) is 0. The van der Waals surface area contributed by atoms with Crippen molar-refractivity contribution in [1.82, 2.24) is 0 Å². The minimum absolute atomic E-state index is 0.204. The minimum atomic E-state index is -2.43. The van der Waals surface area contributed by atoms with Crippen LogP contribution in [0.2, 0.25) is 6.04 Å². The molecule has 1 heterocycles. The van der Waals surface area contributed by atoms with E-state index in [-0.39, 0.29) is 11.5 Å². The molecule has 1 fully saturated rings. The largest absolute Gasteiger partial charge is 0.500 e. The number of ether oxygens (including phenoxy) is 2. The van der Waals surface area contributed by atoms with E-state index in [0.717, 1.165) is 38.7 Å².